The maximum Gasteiger partial charge on any atom is 0.118 e. The van der Waals surface area contributed by atoms with Crippen LogP contribution in [-0.4, -0.2) is 0 Å². The predicted octanol–water partition coefficient (Wildman–Crippen LogP) is 23.4. The van der Waals surface area contributed by atoms with Crippen molar-refractivity contribution in [3.05, 3.63) is 340 Å². The van der Waals surface area contributed by atoms with Crippen LogP contribution in [0.1, 0.15) is 125 Å². The third-order valence-corrected chi connectivity index (χ3v) is 20.2. The van der Waals surface area contributed by atoms with E-state index in [4.69, 9.17) is 0 Å². The van der Waals surface area contributed by atoms with Gasteiger partial charge in [-0.25, -0.2) is 4.39 Å². The van der Waals surface area contributed by atoms with Gasteiger partial charge in [-0.3, -0.25) is 0 Å². The van der Waals surface area contributed by atoms with E-state index in [2.05, 4.69) is 303 Å². The first-order valence-corrected chi connectivity index (χ1v) is 31.9. The van der Waals surface area contributed by atoms with E-state index in [9.17, 15) is 0 Å². The molecule has 0 amide bonds. The van der Waals surface area contributed by atoms with Crippen LogP contribution in [0.3, 0.4) is 0 Å². The number of benzene rings is 7. The summed E-state index contributed by atoms with van der Waals surface area (Å²) < 4.78 is 15.9. The minimum Gasteiger partial charge on any atom is -0.310 e. The molecular formula is C86H78FN. The Kier molecular flexibility index (Phi) is 14.3. The Labute approximate surface area is 522 Å². The summed E-state index contributed by atoms with van der Waals surface area (Å²) in [6.07, 6.45) is 40.3. The zero-order valence-electron chi connectivity index (χ0n) is 52.0. The molecule has 0 fully saturated rings. The molecule has 88 heavy (non-hydrogen) atoms. The third kappa shape index (κ3) is 9.50. The van der Waals surface area contributed by atoms with E-state index in [1.165, 1.54) is 89.1 Å². The summed E-state index contributed by atoms with van der Waals surface area (Å²) >= 11 is 0. The molecule has 1 nitrogen and oxygen atoms in total. The van der Waals surface area contributed by atoms with Crippen molar-refractivity contribution >= 4 is 39.4 Å². The highest BCUT2D eigenvalue weighted by atomic mass is 19.1. The van der Waals surface area contributed by atoms with Crippen LogP contribution >= 0.6 is 0 Å². The van der Waals surface area contributed by atoms with Crippen molar-refractivity contribution in [1.82, 2.24) is 0 Å². The smallest absolute Gasteiger partial charge is 0.118 e. The summed E-state index contributed by atoms with van der Waals surface area (Å²) in [4.78, 5) is 2.55. The molecule has 7 aromatic rings. The second-order valence-electron chi connectivity index (χ2n) is 26.8. The van der Waals surface area contributed by atoms with Gasteiger partial charge >= 0.3 is 0 Å². The Bertz CT molecular complexity index is 4390. The Morgan fingerprint density at radius 3 is 1.97 bits per heavy atom. The third-order valence-electron chi connectivity index (χ3n) is 20.2. The summed E-state index contributed by atoms with van der Waals surface area (Å²) in [6, 6.07) is 61.9. The van der Waals surface area contributed by atoms with E-state index in [1.54, 1.807) is 12.2 Å². The molecule has 0 heterocycles. The molecule has 2 heteroatoms. The van der Waals surface area contributed by atoms with Gasteiger partial charge in [-0.15, -0.1) is 0 Å². The van der Waals surface area contributed by atoms with Crippen LogP contribution < -0.4 is 4.90 Å². The lowest BCUT2D eigenvalue weighted by Crippen LogP contribution is -2.38. The minimum absolute atomic E-state index is 0.0859. The molecule has 0 aromatic heterocycles. The van der Waals surface area contributed by atoms with Crippen LogP contribution in [0.25, 0.3) is 44.5 Å². The summed E-state index contributed by atoms with van der Waals surface area (Å²) in [6.45, 7) is 20.9. The Morgan fingerprint density at radius 2 is 1.28 bits per heavy atom. The number of nitrogens with zero attached hydrogens (tertiary/aromatic N) is 1. The molecule has 7 aliphatic carbocycles. The average Bonchev–Trinajstić information content (AvgIpc) is 1.65. The number of hydrogen-bond acceptors (Lipinski definition) is 1. The van der Waals surface area contributed by atoms with Crippen molar-refractivity contribution in [1.29, 1.82) is 0 Å². The lowest BCUT2D eigenvalue weighted by atomic mass is 9.57. The van der Waals surface area contributed by atoms with E-state index in [0.717, 1.165) is 65.0 Å². The molecule has 0 radical (unpaired) electrons. The Balaban J connectivity index is 1.05. The van der Waals surface area contributed by atoms with Gasteiger partial charge in [0, 0.05) is 33.2 Å². The molecule has 4 atom stereocenters. The standard InChI is InChI=1S/C86H78FN/c1-9-21-70(60-36-38-61(39-37-60)71-50-51-83(4,5)81(71)63-24-15-11-16-25-63)80-74-46-44-69(56-78(74)86(65-26-17-12-18-27-65,66-41-32-58(3)33-42-66)82(80)85(8)52-48-67(87)49-53-85)88(68-43-45-73-72-28-19-20-29-76(72)84(6,7)77(73)55-68)79-47-40-64(59-22-13-10-14-23-59)54-75(79)62-34-30-57(2)31-35-62/h9-15,17-24,26-30,32,34-52,54-58H,1,16,25,31,33,53H2,2-8H3/b70-21-. The number of rotatable bonds is 13. The zero-order chi connectivity index (χ0) is 60.5. The van der Waals surface area contributed by atoms with Gasteiger partial charge in [0.2, 0.25) is 0 Å². The number of allylic oxidation sites excluding steroid dienone is 25. The van der Waals surface area contributed by atoms with Crippen molar-refractivity contribution < 1.29 is 4.39 Å². The lowest BCUT2D eigenvalue weighted by Gasteiger charge is -2.45. The van der Waals surface area contributed by atoms with Crippen molar-refractivity contribution in [3.8, 4) is 22.3 Å². The van der Waals surface area contributed by atoms with Crippen LogP contribution in [-0.2, 0) is 10.8 Å². The highest BCUT2D eigenvalue weighted by molar-refractivity contribution is 6.12. The normalized spacial score (nSPS) is 22.9. The van der Waals surface area contributed by atoms with Crippen molar-refractivity contribution in [2.45, 2.75) is 91.4 Å². The van der Waals surface area contributed by atoms with Gasteiger partial charge in [0.05, 0.1) is 11.1 Å². The van der Waals surface area contributed by atoms with Crippen molar-refractivity contribution in [3.63, 3.8) is 0 Å². The van der Waals surface area contributed by atoms with E-state index in [0.29, 0.717) is 18.3 Å². The summed E-state index contributed by atoms with van der Waals surface area (Å²) in [5, 5.41) is 0. The topological polar surface area (TPSA) is 3.24 Å². The zero-order valence-corrected chi connectivity index (χ0v) is 52.0. The molecule has 7 aromatic carbocycles. The van der Waals surface area contributed by atoms with Crippen LogP contribution in [0.2, 0.25) is 0 Å². The van der Waals surface area contributed by atoms with Gasteiger partial charge in [-0.2, -0.15) is 0 Å². The molecular weight excluding hydrogens is 1070 g/mol. The fraction of sp³-hybridized carbons (Fsp3) is 0.209. The highest BCUT2D eigenvalue weighted by Crippen LogP contribution is 2.66. The van der Waals surface area contributed by atoms with Gasteiger partial charge in [0.25, 0.3) is 0 Å². The summed E-state index contributed by atoms with van der Waals surface area (Å²) in [7, 11) is 0. The first-order valence-electron chi connectivity index (χ1n) is 31.9. The predicted molar refractivity (Wildman–Crippen MR) is 372 cm³/mol. The fourth-order valence-electron chi connectivity index (χ4n) is 15.7. The van der Waals surface area contributed by atoms with Gasteiger partial charge in [0.15, 0.2) is 0 Å². The lowest BCUT2D eigenvalue weighted by molar-refractivity contribution is 0.450. The molecule has 0 saturated heterocycles. The quantitative estimate of drug-likeness (QED) is 0.104. The maximum atomic E-state index is 15.9. The van der Waals surface area contributed by atoms with Crippen LogP contribution in [0.4, 0.5) is 21.5 Å². The molecule has 0 saturated carbocycles. The molecule has 0 aliphatic heterocycles. The Hall–Kier alpha value is -9.11. The minimum atomic E-state index is -0.848. The van der Waals surface area contributed by atoms with E-state index in [1.807, 2.05) is 6.08 Å². The van der Waals surface area contributed by atoms with Crippen LogP contribution in [0, 0.1) is 22.7 Å². The number of fused-ring (bicyclic) bond motifs is 4. The van der Waals surface area contributed by atoms with Gasteiger partial charge in [-0.05, 0) is 198 Å². The van der Waals surface area contributed by atoms with E-state index >= 15 is 4.39 Å². The van der Waals surface area contributed by atoms with Gasteiger partial charge in [-0.1, -0.05) is 268 Å². The second kappa shape index (κ2) is 22.2. The molecule has 4 unspecified atom stereocenters. The SMILES string of the molecule is C=C/C=C(\C1=C(C2(C)C=CC(F)=CC2)C(C2=CCC(C)C=C2)(c2ccccc2)c2cc(N(c3ccc4c(c3)C(C)(C)c3ccccc3-4)c3ccc(-c4ccccc4)cc3C3=CCC(C)C=C3)ccc21)c1ccc(C2=C(C3=CC=CCC3)C(C)(C)C=C2)cc1. The maximum absolute atomic E-state index is 15.9. The number of anilines is 3. The molecule has 434 valence electrons. The fourth-order valence-corrected chi connectivity index (χ4v) is 15.7. The van der Waals surface area contributed by atoms with Gasteiger partial charge < -0.3 is 4.90 Å². The molecule has 0 bridgehead atoms. The summed E-state index contributed by atoms with van der Waals surface area (Å²) in [5.41, 5.74) is 26.0. The monoisotopic (exact) mass is 1140 g/mol. The first kappa shape index (κ1) is 56.7. The molecule has 0 N–H and O–H groups in total. The average molecular weight is 1140 g/mol. The Morgan fingerprint density at radius 1 is 0.602 bits per heavy atom. The van der Waals surface area contributed by atoms with Crippen LogP contribution in [0.15, 0.2) is 296 Å². The number of halogens is 1. The van der Waals surface area contributed by atoms with E-state index in [-0.39, 0.29) is 16.7 Å². The first-order chi connectivity index (χ1) is 42.7. The molecule has 14 rings (SSSR count). The van der Waals surface area contributed by atoms with Crippen LogP contribution in [0.5, 0.6) is 0 Å². The van der Waals surface area contributed by atoms with Crippen molar-refractivity contribution in [2.75, 3.05) is 4.90 Å². The number of hydrogen-bond donors (Lipinski definition) is 0. The molecule has 0 spiro atoms. The second-order valence-corrected chi connectivity index (χ2v) is 26.8. The van der Waals surface area contributed by atoms with E-state index < -0.39 is 10.8 Å². The largest absolute Gasteiger partial charge is 0.310 e. The highest BCUT2D eigenvalue weighted by Gasteiger charge is 2.55. The van der Waals surface area contributed by atoms with Gasteiger partial charge in [0.1, 0.15) is 5.83 Å². The summed E-state index contributed by atoms with van der Waals surface area (Å²) in [5.74, 6) is 0.607. The van der Waals surface area contributed by atoms with Crippen molar-refractivity contribution in [2.24, 2.45) is 22.7 Å². The molecule has 7 aliphatic rings.